The van der Waals surface area contributed by atoms with Gasteiger partial charge in [-0.25, -0.2) is 0 Å². The average molecular weight is 293 g/mol. The Bertz CT molecular complexity index is 218. The van der Waals surface area contributed by atoms with E-state index in [1.807, 2.05) is 0 Å². The van der Waals surface area contributed by atoms with Crippen LogP contribution in [0.15, 0.2) is 0 Å². The van der Waals surface area contributed by atoms with E-state index in [4.69, 9.17) is 10.7 Å². The maximum Gasteiger partial charge on any atom is 0.883 e. The predicted molar refractivity (Wildman–Crippen MR) is 80.1 cm³/mol. The summed E-state index contributed by atoms with van der Waals surface area (Å²) in [5, 5.41) is 0. The molecule has 0 aromatic rings. The van der Waals surface area contributed by atoms with E-state index in [1.165, 1.54) is 0 Å². The van der Waals surface area contributed by atoms with E-state index in [9.17, 15) is 0 Å². The molecular formula is C11H29AlO3Si2. The minimum absolute atomic E-state index is 0.143. The maximum absolute atomic E-state index is 6.12. The van der Waals surface area contributed by atoms with Gasteiger partial charge in [0.15, 0.2) is 16.6 Å². The molecule has 0 amide bonds. The molecule has 17 heavy (non-hydrogen) atoms. The molecule has 0 spiro atoms. The van der Waals surface area contributed by atoms with Gasteiger partial charge in [-0.1, -0.05) is 6.92 Å². The Labute approximate surface area is 114 Å². The van der Waals surface area contributed by atoms with Crippen LogP contribution in [0.25, 0.3) is 0 Å². The molecule has 102 valence electrons. The Morgan fingerprint density at radius 2 is 1.24 bits per heavy atom. The van der Waals surface area contributed by atoms with Crippen molar-refractivity contribution in [3.05, 3.63) is 0 Å². The van der Waals surface area contributed by atoms with Crippen LogP contribution in [0.1, 0.15) is 27.2 Å². The second-order valence-electron chi connectivity index (χ2n) is 6.98. The lowest BCUT2D eigenvalue weighted by Gasteiger charge is -2.33. The molecule has 0 atom stereocenters. The molecule has 6 heteroatoms. The van der Waals surface area contributed by atoms with Crippen LogP contribution in [0, 0.1) is 0 Å². The Hall–Kier alpha value is 0.846. The molecule has 0 radical (unpaired) electrons. The van der Waals surface area contributed by atoms with E-state index in [0.717, 1.165) is 6.42 Å². The highest BCUT2D eigenvalue weighted by molar-refractivity contribution is 6.79. The lowest BCUT2D eigenvalue weighted by molar-refractivity contribution is 0.0525. The Morgan fingerprint density at radius 1 is 0.882 bits per heavy atom. The van der Waals surface area contributed by atoms with Crippen LogP contribution < -0.4 is 0 Å². The molecule has 0 aromatic carbocycles. The van der Waals surface area contributed by atoms with Gasteiger partial charge in [0, 0.05) is 5.60 Å². The summed E-state index contributed by atoms with van der Waals surface area (Å²) in [6.45, 7) is 19.4. The van der Waals surface area contributed by atoms with Crippen molar-refractivity contribution < 1.29 is 10.7 Å². The van der Waals surface area contributed by atoms with Crippen molar-refractivity contribution >= 4 is 31.8 Å². The molecule has 0 saturated carbocycles. The fourth-order valence-corrected chi connectivity index (χ4v) is 7.31. The van der Waals surface area contributed by atoms with Crippen LogP contribution in [0.2, 0.25) is 39.3 Å². The van der Waals surface area contributed by atoms with Gasteiger partial charge >= 0.3 is 15.1 Å². The number of hydrogen-bond donors (Lipinski definition) is 0. The molecule has 0 bridgehead atoms. The molecule has 0 aliphatic rings. The summed E-state index contributed by atoms with van der Waals surface area (Å²) in [7, 11) is -3.20. The molecule has 0 saturated heterocycles. The van der Waals surface area contributed by atoms with E-state index in [-0.39, 0.29) is 5.60 Å². The molecule has 0 fully saturated rings. The zero-order chi connectivity index (χ0) is 13.9. The van der Waals surface area contributed by atoms with Crippen LogP contribution in [0.4, 0.5) is 0 Å². The zero-order valence-electron chi connectivity index (χ0n) is 13.0. The molecule has 0 aromatic heterocycles. The van der Waals surface area contributed by atoms with E-state index < -0.39 is 31.8 Å². The first-order valence-electron chi connectivity index (χ1n) is 6.38. The fourth-order valence-electron chi connectivity index (χ4n) is 0.993. The molecule has 0 heterocycles. The number of hydrogen-bond acceptors (Lipinski definition) is 3. The standard InChI is InChI=1S/C5H11O.2C3H9OSi.Al/c1-4-5(2,3)6;2*1-5(2,3)4;/h4H2,1-3H3;2*1-3H3;/q3*-1;+3. The highest BCUT2D eigenvalue weighted by Crippen LogP contribution is 2.20. The molecular weight excluding hydrogens is 263 g/mol. The SMILES string of the molecule is CCC(C)(C)[O][Al]([O][Si](C)(C)C)[O][Si](C)(C)C. The third kappa shape index (κ3) is 10.5. The molecule has 0 rings (SSSR count). The summed E-state index contributed by atoms with van der Waals surface area (Å²) in [5.41, 5.74) is -0.143. The van der Waals surface area contributed by atoms with Crippen LogP contribution in [0.3, 0.4) is 0 Å². The topological polar surface area (TPSA) is 27.7 Å². The van der Waals surface area contributed by atoms with E-state index in [1.54, 1.807) is 0 Å². The van der Waals surface area contributed by atoms with Crippen molar-refractivity contribution in [2.45, 2.75) is 72.1 Å². The normalized spacial score (nSPS) is 13.9. The minimum Gasteiger partial charge on any atom is -0.499 e. The summed E-state index contributed by atoms with van der Waals surface area (Å²) in [5.74, 6) is 0. The van der Waals surface area contributed by atoms with E-state index in [2.05, 4.69) is 60.1 Å². The Morgan fingerprint density at radius 3 is 1.47 bits per heavy atom. The third-order valence-corrected chi connectivity index (χ3v) is 10.2. The summed E-state index contributed by atoms with van der Waals surface area (Å²) in [4.78, 5) is 0. The molecule has 0 unspecified atom stereocenters. The first-order chi connectivity index (χ1) is 7.35. The van der Waals surface area contributed by atoms with Gasteiger partial charge in [-0.2, -0.15) is 0 Å². The lowest BCUT2D eigenvalue weighted by Crippen LogP contribution is -2.48. The summed E-state index contributed by atoms with van der Waals surface area (Å²) in [6.07, 6.45) is 0.973. The molecule has 0 aliphatic heterocycles. The summed E-state index contributed by atoms with van der Waals surface area (Å²) < 4.78 is 18.3. The van der Waals surface area contributed by atoms with Crippen molar-refractivity contribution in [3.8, 4) is 0 Å². The smallest absolute Gasteiger partial charge is 0.499 e. The van der Waals surface area contributed by atoms with Gasteiger partial charge in [-0.3, -0.25) is 0 Å². The van der Waals surface area contributed by atoms with Crippen molar-refractivity contribution in [2.24, 2.45) is 0 Å². The largest absolute Gasteiger partial charge is 0.883 e. The van der Waals surface area contributed by atoms with Crippen LogP contribution in [-0.2, 0) is 10.7 Å². The highest BCUT2D eigenvalue weighted by atomic mass is 28.4. The molecule has 3 nitrogen and oxygen atoms in total. The fraction of sp³-hybridized carbons (Fsp3) is 1.00. The molecule has 0 N–H and O–H groups in total. The van der Waals surface area contributed by atoms with Crippen LogP contribution in [0.5, 0.6) is 0 Å². The van der Waals surface area contributed by atoms with Gasteiger partial charge in [0.25, 0.3) is 0 Å². The van der Waals surface area contributed by atoms with Gasteiger partial charge in [0.2, 0.25) is 0 Å². The predicted octanol–water partition coefficient (Wildman–Crippen LogP) is 3.88. The monoisotopic (exact) mass is 292 g/mol. The second-order valence-corrected chi connectivity index (χ2v) is 18.1. The summed E-state index contributed by atoms with van der Waals surface area (Å²) >= 11 is -2.00. The highest BCUT2D eigenvalue weighted by Gasteiger charge is 2.43. The quantitative estimate of drug-likeness (QED) is 0.667. The van der Waals surface area contributed by atoms with Crippen molar-refractivity contribution in [3.63, 3.8) is 0 Å². The minimum atomic E-state index is -2.00. The third-order valence-electron chi connectivity index (χ3n) is 2.17. The van der Waals surface area contributed by atoms with Gasteiger partial charge < -0.3 is 10.7 Å². The van der Waals surface area contributed by atoms with Crippen LogP contribution >= 0.6 is 0 Å². The maximum atomic E-state index is 6.12. The van der Waals surface area contributed by atoms with Crippen molar-refractivity contribution in [2.75, 3.05) is 0 Å². The lowest BCUT2D eigenvalue weighted by atomic mass is 10.1. The van der Waals surface area contributed by atoms with E-state index in [0.29, 0.717) is 0 Å². The first-order valence-corrected chi connectivity index (χ1v) is 14.6. The van der Waals surface area contributed by atoms with Gasteiger partial charge in [0.05, 0.1) is 0 Å². The van der Waals surface area contributed by atoms with Gasteiger partial charge in [0.1, 0.15) is 0 Å². The summed E-state index contributed by atoms with van der Waals surface area (Å²) in [6, 6.07) is 0. The van der Waals surface area contributed by atoms with Crippen molar-refractivity contribution in [1.29, 1.82) is 0 Å². The van der Waals surface area contributed by atoms with Crippen molar-refractivity contribution in [1.82, 2.24) is 0 Å². The van der Waals surface area contributed by atoms with Crippen LogP contribution in [-0.4, -0.2) is 37.4 Å². The van der Waals surface area contributed by atoms with Gasteiger partial charge in [-0.15, -0.1) is 0 Å². The Balaban J connectivity index is 4.63. The zero-order valence-corrected chi connectivity index (χ0v) is 16.2. The Kier molecular flexibility index (Phi) is 6.65. The van der Waals surface area contributed by atoms with Gasteiger partial charge in [-0.05, 0) is 59.6 Å². The first kappa shape index (κ1) is 17.8. The second kappa shape index (κ2) is 6.33. The average Bonchev–Trinajstić information content (AvgIpc) is 1.96. The van der Waals surface area contributed by atoms with E-state index >= 15 is 0 Å². The molecule has 0 aliphatic carbocycles. The number of rotatable bonds is 7.